The van der Waals surface area contributed by atoms with Gasteiger partial charge in [0.05, 0.1) is 6.04 Å². The largest absolute Gasteiger partial charge is 0.573 e. The van der Waals surface area contributed by atoms with Crippen LogP contribution in [0.3, 0.4) is 0 Å². The molecular weight excluding hydrogens is 307 g/mol. The van der Waals surface area contributed by atoms with Crippen LogP contribution in [0.15, 0.2) is 54.6 Å². The minimum Gasteiger partial charge on any atom is -0.406 e. The molecule has 3 rings (SSSR count). The molecule has 1 aliphatic rings. The Morgan fingerprint density at radius 2 is 1.78 bits per heavy atom. The molecule has 2 aromatic rings. The quantitative estimate of drug-likeness (QED) is 0.835. The number of halogens is 3. The normalized spacial score (nSPS) is 18.3. The number of anilines is 1. The molecule has 0 unspecified atom stereocenters. The number of ether oxygens (including phenoxy) is 1. The van der Waals surface area contributed by atoms with Crippen LogP contribution in [0.1, 0.15) is 24.4 Å². The summed E-state index contributed by atoms with van der Waals surface area (Å²) in [7, 11) is 0. The van der Waals surface area contributed by atoms with E-state index in [9.17, 15) is 18.0 Å². The number of amides is 1. The van der Waals surface area contributed by atoms with Gasteiger partial charge in [0.25, 0.3) is 0 Å². The van der Waals surface area contributed by atoms with Crippen molar-refractivity contribution >= 4 is 11.6 Å². The number of nitrogens with zero attached hydrogens (tertiary/aromatic N) is 1. The minimum absolute atomic E-state index is 0.0386. The van der Waals surface area contributed by atoms with Crippen molar-refractivity contribution < 1.29 is 22.7 Å². The van der Waals surface area contributed by atoms with Crippen molar-refractivity contribution in [3.8, 4) is 5.75 Å². The second-order valence-corrected chi connectivity index (χ2v) is 5.27. The van der Waals surface area contributed by atoms with E-state index in [4.69, 9.17) is 0 Å². The molecule has 6 heteroatoms. The van der Waals surface area contributed by atoms with Gasteiger partial charge in [-0.05, 0) is 36.2 Å². The Kier molecular flexibility index (Phi) is 3.98. The summed E-state index contributed by atoms with van der Waals surface area (Å²) in [5, 5.41) is 0. The highest BCUT2D eigenvalue weighted by atomic mass is 19.4. The zero-order valence-electron chi connectivity index (χ0n) is 12.1. The van der Waals surface area contributed by atoms with Crippen molar-refractivity contribution in [2.45, 2.75) is 25.2 Å². The molecule has 0 aromatic heterocycles. The van der Waals surface area contributed by atoms with Gasteiger partial charge < -0.3 is 9.64 Å². The summed E-state index contributed by atoms with van der Waals surface area (Å²) in [5.41, 5.74) is 1.36. The van der Waals surface area contributed by atoms with Gasteiger partial charge in [-0.2, -0.15) is 0 Å². The van der Waals surface area contributed by atoms with E-state index in [2.05, 4.69) is 4.74 Å². The summed E-state index contributed by atoms with van der Waals surface area (Å²) in [6.07, 6.45) is -3.81. The number of rotatable bonds is 3. The second kappa shape index (κ2) is 5.95. The van der Waals surface area contributed by atoms with Gasteiger partial charge in [0.1, 0.15) is 5.75 Å². The summed E-state index contributed by atoms with van der Waals surface area (Å²) in [4.78, 5) is 13.8. The smallest absolute Gasteiger partial charge is 0.406 e. The Hall–Kier alpha value is -2.50. The first-order chi connectivity index (χ1) is 10.9. The van der Waals surface area contributed by atoms with E-state index in [1.54, 1.807) is 11.0 Å². The number of carbonyl (C=O) groups is 1. The fourth-order valence-corrected chi connectivity index (χ4v) is 2.83. The summed E-state index contributed by atoms with van der Waals surface area (Å²) < 4.78 is 41.1. The standard InChI is InChI=1S/C17H14F3NO2/c18-17(19,20)23-14-8-4-5-12(11-14)15-9-10-16(22)21(15)13-6-2-1-3-7-13/h1-8,11,15H,9-10H2/t15-/m1/s1. The fraction of sp³-hybridized carbons (Fsp3) is 0.235. The molecule has 1 atom stereocenters. The number of alkyl halides is 3. The summed E-state index contributed by atoms with van der Waals surface area (Å²) in [6, 6.07) is 14.6. The minimum atomic E-state index is -4.73. The molecule has 120 valence electrons. The fourth-order valence-electron chi connectivity index (χ4n) is 2.83. The molecule has 23 heavy (non-hydrogen) atoms. The van der Waals surface area contributed by atoms with Gasteiger partial charge in [0.15, 0.2) is 0 Å². The third-order valence-corrected chi connectivity index (χ3v) is 3.72. The molecule has 1 saturated heterocycles. The van der Waals surface area contributed by atoms with Gasteiger partial charge in [0.2, 0.25) is 5.91 Å². The molecule has 1 heterocycles. The lowest BCUT2D eigenvalue weighted by Crippen LogP contribution is -2.27. The Bertz CT molecular complexity index is 700. The van der Waals surface area contributed by atoms with Gasteiger partial charge in [-0.25, -0.2) is 0 Å². The Morgan fingerprint density at radius 1 is 1.04 bits per heavy atom. The third-order valence-electron chi connectivity index (χ3n) is 3.72. The van der Waals surface area contributed by atoms with Crippen molar-refractivity contribution in [3.05, 3.63) is 60.2 Å². The van der Waals surface area contributed by atoms with Crippen LogP contribution in [0.25, 0.3) is 0 Å². The highest BCUT2D eigenvalue weighted by molar-refractivity contribution is 5.96. The molecule has 0 N–H and O–H groups in total. The molecule has 1 amide bonds. The first-order valence-corrected chi connectivity index (χ1v) is 7.17. The number of carbonyl (C=O) groups excluding carboxylic acids is 1. The van der Waals surface area contributed by atoms with Crippen LogP contribution in [0, 0.1) is 0 Å². The van der Waals surface area contributed by atoms with Gasteiger partial charge in [-0.3, -0.25) is 4.79 Å². The lowest BCUT2D eigenvalue weighted by Gasteiger charge is -2.25. The lowest BCUT2D eigenvalue weighted by molar-refractivity contribution is -0.274. The van der Waals surface area contributed by atoms with Crippen molar-refractivity contribution in [1.82, 2.24) is 0 Å². The number of hydrogen-bond acceptors (Lipinski definition) is 2. The van der Waals surface area contributed by atoms with Gasteiger partial charge in [-0.1, -0.05) is 30.3 Å². The van der Waals surface area contributed by atoms with Crippen molar-refractivity contribution in [2.75, 3.05) is 4.90 Å². The Morgan fingerprint density at radius 3 is 2.48 bits per heavy atom. The summed E-state index contributed by atoms with van der Waals surface area (Å²) in [5.74, 6) is -0.314. The molecule has 0 bridgehead atoms. The molecule has 0 radical (unpaired) electrons. The number of hydrogen-bond donors (Lipinski definition) is 0. The summed E-state index contributed by atoms with van der Waals surface area (Å²) >= 11 is 0. The zero-order valence-corrected chi connectivity index (χ0v) is 12.1. The maximum atomic E-state index is 12.4. The van der Waals surface area contributed by atoms with E-state index in [0.29, 0.717) is 18.4 Å². The van der Waals surface area contributed by atoms with E-state index in [1.807, 2.05) is 30.3 Å². The molecular formula is C17H14F3NO2. The first kappa shape index (κ1) is 15.4. The van der Waals surface area contributed by atoms with Crippen LogP contribution in [0.5, 0.6) is 5.75 Å². The van der Waals surface area contributed by atoms with Crippen LogP contribution < -0.4 is 9.64 Å². The molecule has 0 aliphatic carbocycles. The van der Waals surface area contributed by atoms with E-state index in [0.717, 1.165) is 5.69 Å². The molecule has 3 nitrogen and oxygen atoms in total. The van der Waals surface area contributed by atoms with Gasteiger partial charge >= 0.3 is 6.36 Å². The number of benzene rings is 2. The maximum absolute atomic E-state index is 12.4. The van der Waals surface area contributed by atoms with Crippen LogP contribution in [0.2, 0.25) is 0 Å². The third kappa shape index (κ3) is 3.47. The zero-order chi connectivity index (χ0) is 16.4. The lowest BCUT2D eigenvalue weighted by atomic mass is 10.0. The van der Waals surface area contributed by atoms with Gasteiger partial charge in [-0.15, -0.1) is 13.2 Å². The van der Waals surface area contributed by atoms with E-state index >= 15 is 0 Å². The average molecular weight is 321 g/mol. The molecule has 1 aliphatic heterocycles. The maximum Gasteiger partial charge on any atom is 0.573 e. The van der Waals surface area contributed by atoms with Crippen LogP contribution in [-0.4, -0.2) is 12.3 Å². The van der Waals surface area contributed by atoms with E-state index in [1.165, 1.54) is 18.2 Å². The van der Waals surface area contributed by atoms with Crippen LogP contribution in [-0.2, 0) is 4.79 Å². The second-order valence-electron chi connectivity index (χ2n) is 5.27. The van der Waals surface area contributed by atoms with Crippen molar-refractivity contribution in [1.29, 1.82) is 0 Å². The Balaban J connectivity index is 1.91. The van der Waals surface area contributed by atoms with E-state index < -0.39 is 6.36 Å². The highest BCUT2D eigenvalue weighted by Gasteiger charge is 2.34. The monoisotopic (exact) mass is 321 g/mol. The van der Waals surface area contributed by atoms with Gasteiger partial charge in [0, 0.05) is 12.1 Å². The molecule has 2 aromatic carbocycles. The average Bonchev–Trinajstić information content (AvgIpc) is 2.88. The highest BCUT2D eigenvalue weighted by Crippen LogP contribution is 2.38. The summed E-state index contributed by atoms with van der Waals surface area (Å²) in [6.45, 7) is 0. The first-order valence-electron chi connectivity index (χ1n) is 7.17. The predicted octanol–water partition coefficient (Wildman–Crippen LogP) is 4.45. The number of para-hydroxylation sites is 1. The van der Waals surface area contributed by atoms with Crippen molar-refractivity contribution in [2.24, 2.45) is 0 Å². The van der Waals surface area contributed by atoms with Crippen LogP contribution >= 0.6 is 0 Å². The molecule has 0 saturated carbocycles. The van der Waals surface area contributed by atoms with Crippen molar-refractivity contribution in [3.63, 3.8) is 0 Å². The van der Waals surface area contributed by atoms with Crippen LogP contribution in [0.4, 0.5) is 18.9 Å². The Labute approximate surface area is 131 Å². The van der Waals surface area contributed by atoms with E-state index in [-0.39, 0.29) is 17.7 Å². The molecule has 0 spiro atoms. The molecule has 1 fully saturated rings. The predicted molar refractivity (Wildman–Crippen MR) is 79.0 cm³/mol. The SMILES string of the molecule is O=C1CC[C@H](c2cccc(OC(F)(F)F)c2)N1c1ccccc1. The topological polar surface area (TPSA) is 29.5 Å².